The van der Waals surface area contributed by atoms with Gasteiger partial charge in [0.15, 0.2) is 0 Å². The molecule has 4 nitrogen and oxygen atoms in total. The van der Waals surface area contributed by atoms with Crippen LogP contribution >= 0.6 is 11.6 Å². The van der Waals surface area contributed by atoms with Crippen LogP contribution in [-0.4, -0.2) is 16.9 Å². The number of aromatic nitrogens is 1. The summed E-state index contributed by atoms with van der Waals surface area (Å²) in [7, 11) is 0. The Bertz CT molecular complexity index is 357. The third-order valence-electron chi connectivity index (χ3n) is 2.18. The first-order valence-electron chi connectivity index (χ1n) is 5.31. The maximum absolute atomic E-state index is 11.6. The van der Waals surface area contributed by atoms with E-state index in [-0.39, 0.29) is 5.91 Å². The molecule has 1 aromatic heterocycles. The van der Waals surface area contributed by atoms with E-state index < -0.39 is 6.04 Å². The Balaban J connectivity index is 2.50. The Morgan fingerprint density at radius 1 is 1.69 bits per heavy atom. The van der Waals surface area contributed by atoms with Gasteiger partial charge in [-0.3, -0.25) is 4.79 Å². The molecule has 1 aromatic rings. The van der Waals surface area contributed by atoms with Crippen molar-refractivity contribution in [3.05, 3.63) is 23.4 Å². The van der Waals surface area contributed by atoms with Crippen molar-refractivity contribution in [1.29, 1.82) is 0 Å². The highest BCUT2D eigenvalue weighted by molar-refractivity contribution is 6.30. The number of unbranched alkanes of at least 4 members (excludes halogenated alkanes) is 1. The van der Waals surface area contributed by atoms with E-state index in [1.54, 1.807) is 12.1 Å². The predicted octanol–water partition coefficient (Wildman–Crippen LogP) is 2.19. The Hall–Kier alpha value is -1.13. The van der Waals surface area contributed by atoms with Crippen LogP contribution in [0.15, 0.2) is 18.3 Å². The topological polar surface area (TPSA) is 68.0 Å². The van der Waals surface area contributed by atoms with Gasteiger partial charge in [-0.25, -0.2) is 4.98 Å². The van der Waals surface area contributed by atoms with Crippen LogP contribution in [0.1, 0.15) is 26.2 Å². The number of nitrogens with two attached hydrogens (primary N) is 1. The summed E-state index contributed by atoms with van der Waals surface area (Å²) in [6.45, 7) is 2.06. The molecule has 1 atom stereocenters. The SMILES string of the molecule is CCCCC(N)C(=O)Nc1cc(Cl)ccn1. The van der Waals surface area contributed by atoms with Crippen molar-refractivity contribution in [1.82, 2.24) is 4.98 Å². The summed E-state index contributed by atoms with van der Waals surface area (Å²) in [5.74, 6) is 0.215. The lowest BCUT2D eigenvalue weighted by molar-refractivity contribution is -0.117. The third-order valence-corrected chi connectivity index (χ3v) is 2.41. The summed E-state index contributed by atoms with van der Waals surface area (Å²) in [5.41, 5.74) is 5.72. The molecule has 0 spiro atoms. The van der Waals surface area contributed by atoms with Crippen molar-refractivity contribution in [2.75, 3.05) is 5.32 Å². The first kappa shape index (κ1) is 12.9. The van der Waals surface area contributed by atoms with Gasteiger partial charge >= 0.3 is 0 Å². The number of amides is 1. The molecule has 0 aliphatic rings. The zero-order valence-corrected chi connectivity index (χ0v) is 10.00. The molecule has 16 heavy (non-hydrogen) atoms. The number of hydrogen-bond acceptors (Lipinski definition) is 3. The first-order valence-corrected chi connectivity index (χ1v) is 5.69. The summed E-state index contributed by atoms with van der Waals surface area (Å²) in [5, 5.41) is 3.17. The van der Waals surface area contributed by atoms with Gasteiger partial charge < -0.3 is 11.1 Å². The van der Waals surface area contributed by atoms with E-state index in [4.69, 9.17) is 17.3 Å². The lowest BCUT2D eigenvalue weighted by Crippen LogP contribution is -2.35. The van der Waals surface area contributed by atoms with Crippen LogP contribution in [0.25, 0.3) is 0 Å². The van der Waals surface area contributed by atoms with Crippen LogP contribution in [0.4, 0.5) is 5.82 Å². The number of carbonyl (C=O) groups excluding carboxylic acids is 1. The number of rotatable bonds is 5. The van der Waals surface area contributed by atoms with E-state index in [9.17, 15) is 4.79 Å². The summed E-state index contributed by atoms with van der Waals surface area (Å²) in [6.07, 6.45) is 4.19. The fourth-order valence-electron chi connectivity index (χ4n) is 1.25. The number of carbonyl (C=O) groups is 1. The largest absolute Gasteiger partial charge is 0.320 e. The Labute approximate surface area is 100 Å². The molecule has 3 N–H and O–H groups in total. The van der Waals surface area contributed by atoms with Crippen LogP contribution in [0.5, 0.6) is 0 Å². The number of anilines is 1. The molecule has 0 bridgehead atoms. The second-order valence-electron chi connectivity index (χ2n) is 3.60. The average Bonchev–Trinajstić information content (AvgIpc) is 2.25. The van der Waals surface area contributed by atoms with Gasteiger partial charge in [-0.1, -0.05) is 31.4 Å². The highest BCUT2D eigenvalue weighted by atomic mass is 35.5. The van der Waals surface area contributed by atoms with Gasteiger partial charge in [-0.15, -0.1) is 0 Å². The van der Waals surface area contributed by atoms with E-state index in [0.29, 0.717) is 17.3 Å². The zero-order chi connectivity index (χ0) is 12.0. The van der Waals surface area contributed by atoms with E-state index in [2.05, 4.69) is 17.2 Å². The number of nitrogens with zero attached hydrogens (tertiary/aromatic N) is 1. The van der Waals surface area contributed by atoms with Gasteiger partial charge in [0.2, 0.25) is 5.91 Å². The van der Waals surface area contributed by atoms with Gasteiger partial charge in [-0.2, -0.15) is 0 Å². The Morgan fingerprint density at radius 3 is 3.06 bits per heavy atom. The number of nitrogens with one attached hydrogen (secondary N) is 1. The smallest absolute Gasteiger partial charge is 0.242 e. The molecule has 1 unspecified atom stereocenters. The molecule has 0 saturated carbocycles. The minimum atomic E-state index is -0.485. The lowest BCUT2D eigenvalue weighted by Gasteiger charge is -2.10. The van der Waals surface area contributed by atoms with Gasteiger partial charge in [0.25, 0.3) is 0 Å². The van der Waals surface area contributed by atoms with Crippen LogP contribution in [-0.2, 0) is 4.79 Å². The molecule has 0 fully saturated rings. The fraction of sp³-hybridized carbons (Fsp3) is 0.455. The second-order valence-corrected chi connectivity index (χ2v) is 4.03. The number of hydrogen-bond donors (Lipinski definition) is 2. The molecule has 0 aliphatic heterocycles. The lowest BCUT2D eigenvalue weighted by atomic mass is 10.1. The zero-order valence-electron chi connectivity index (χ0n) is 9.24. The van der Waals surface area contributed by atoms with Gasteiger partial charge in [-0.05, 0) is 18.6 Å². The maximum atomic E-state index is 11.6. The van der Waals surface area contributed by atoms with Crippen LogP contribution in [0.3, 0.4) is 0 Å². The van der Waals surface area contributed by atoms with Gasteiger partial charge in [0.1, 0.15) is 5.82 Å². The molecular formula is C11H16ClN3O. The molecule has 1 amide bonds. The third kappa shape index (κ3) is 4.16. The van der Waals surface area contributed by atoms with Crippen molar-refractivity contribution in [2.24, 2.45) is 5.73 Å². The molecule has 0 saturated heterocycles. The first-order chi connectivity index (χ1) is 7.63. The van der Waals surface area contributed by atoms with Crippen molar-refractivity contribution < 1.29 is 4.79 Å². The van der Waals surface area contributed by atoms with Crippen molar-refractivity contribution >= 4 is 23.3 Å². The molecule has 0 aliphatic carbocycles. The fourth-order valence-corrected chi connectivity index (χ4v) is 1.41. The Kier molecular flexibility index (Phi) is 5.22. The summed E-state index contributed by atoms with van der Waals surface area (Å²) >= 11 is 5.77. The van der Waals surface area contributed by atoms with Crippen molar-refractivity contribution in [3.8, 4) is 0 Å². The molecule has 1 rings (SSSR count). The molecule has 1 heterocycles. The summed E-state index contributed by atoms with van der Waals surface area (Å²) in [4.78, 5) is 15.6. The Morgan fingerprint density at radius 2 is 2.44 bits per heavy atom. The minimum absolute atomic E-state index is 0.219. The molecule has 0 radical (unpaired) electrons. The molecule has 5 heteroatoms. The van der Waals surface area contributed by atoms with E-state index in [1.807, 2.05) is 0 Å². The van der Waals surface area contributed by atoms with E-state index in [0.717, 1.165) is 12.8 Å². The average molecular weight is 242 g/mol. The summed E-state index contributed by atoms with van der Waals surface area (Å²) in [6, 6.07) is 2.75. The molecule has 0 aromatic carbocycles. The quantitative estimate of drug-likeness (QED) is 0.830. The standard InChI is InChI=1S/C11H16ClN3O/c1-2-3-4-9(13)11(16)15-10-7-8(12)5-6-14-10/h5-7,9H,2-4,13H2,1H3,(H,14,15,16). The monoisotopic (exact) mass is 241 g/mol. The van der Waals surface area contributed by atoms with E-state index >= 15 is 0 Å². The highest BCUT2D eigenvalue weighted by Gasteiger charge is 2.13. The number of halogens is 1. The normalized spacial score (nSPS) is 12.2. The van der Waals surface area contributed by atoms with Gasteiger partial charge in [0, 0.05) is 11.2 Å². The summed E-state index contributed by atoms with van der Waals surface area (Å²) < 4.78 is 0. The van der Waals surface area contributed by atoms with Crippen LogP contribution in [0.2, 0.25) is 5.02 Å². The van der Waals surface area contributed by atoms with Crippen LogP contribution in [0, 0.1) is 0 Å². The molecule has 88 valence electrons. The predicted molar refractivity (Wildman–Crippen MR) is 65.4 cm³/mol. The second kappa shape index (κ2) is 6.45. The molecular weight excluding hydrogens is 226 g/mol. The van der Waals surface area contributed by atoms with Crippen LogP contribution < -0.4 is 11.1 Å². The van der Waals surface area contributed by atoms with Crippen molar-refractivity contribution in [3.63, 3.8) is 0 Å². The van der Waals surface area contributed by atoms with E-state index in [1.165, 1.54) is 6.20 Å². The highest BCUT2D eigenvalue weighted by Crippen LogP contribution is 2.12. The van der Waals surface area contributed by atoms with Crippen molar-refractivity contribution in [2.45, 2.75) is 32.2 Å². The minimum Gasteiger partial charge on any atom is -0.320 e. The van der Waals surface area contributed by atoms with Gasteiger partial charge in [0.05, 0.1) is 6.04 Å². The maximum Gasteiger partial charge on any atom is 0.242 e. The number of pyridine rings is 1.